The largest absolute Gasteiger partial charge is 0.463 e. The molecule has 0 aromatic heterocycles. The molecule has 3 aliphatic heterocycles. The van der Waals surface area contributed by atoms with Gasteiger partial charge in [-0.2, -0.15) is 4.31 Å². The lowest BCUT2D eigenvalue weighted by atomic mass is 10.0. The first-order valence-electron chi connectivity index (χ1n) is 16.0. The van der Waals surface area contributed by atoms with E-state index in [1.807, 2.05) is 44.2 Å². The van der Waals surface area contributed by atoms with E-state index in [0.29, 0.717) is 64.0 Å². The Labute approximate surface area is 262 Å². The number of hydrogen-bond acceptors (Lipinski definition) is 8. The standard InChI is InChI=1S/C33H47N3O7S/c1-33(2)41-25-28-23-27(14-15-29(28)43-33)30-24-35(32(37)42-30)18-8-3-4-9-21-40-22-10-7-12-26-11-5-6-13-31(26)44(38,39)36-19-16-34-17-20-36/h5-6,11,13-15,23,30,34H,3-4,7-10,12,16-22,24-25H2,1-2H3/t30-/m0/s1. The van der Waals surface area contributed by atoms with Gasteiger partial charge in [-0.1, -0.05) is 37.1 Å². The van der Waals surface area contributed by atoms with E-state index in [1.165, 1.54) is 0 Å². The molecule has 3 heterocycles. The van der Waals surface area contributed by atoms with Crippen molar-refractivity contribution in [3.8, 4) is 5.75 Å². The number of aryl methyl sites for hydroxylation is 1. The summed E-state index contributed by atoms with van der Waals surface area (Å²) in [5.41, 5.74) is 2.82. The first-order chi connectivity index (χ1) is 21.2. The minimum atomic E-state index is -3.46. The number of hydrogen-bond donors (Lipinski definition) is 1. The first-order valence-corrected chi connectivity index (χ1v) is 17.4. The van der Waals surface area contributed by atoms with Gasteiger partial charge >= 0.3 is 6.09 Å². The molecule has 1 atom stereocenters. The van der Waals surface area contributed by atoms with Crippen LogP contribution in [-0.2, 0) is 37.3 Å². The summed E-state index contributed by atoms with van der Waals surface area (Å²) in [7, 11) is -3.46. The summed E-state index contributed by atoms with van der Waals surface area (Å²) >= 11 is 0. The summed E-state index contributed by atoms with van der Waals surface area (Å²) < 4.78 is 51.0. The minimum absolute atomic E-state index is 0.256. The van der Waals surface area contributed by atoms with Gasteiger partial charge < -0.3 is 29.2 Å². The number of nitrogens with one attached hydrogen (secondary N) is 1. The monoisotopic (exact) mass is 629 g/mol. The highest BCUT2D eigenvalue weighted by atomic mass is 32.2. The predicted molar refractivity (Wildman–Crippen MR) is 167 cm³/mol. The van der Waals surface area contributed by atoms with Crippen molar-refractivity contribution in [2.24, 2.45) is 0 Å². The Hall–Kier alpha value is -2.70. The van der Waals surface area contributed by atoms with Crippen LogP contribution in [0.1, 0.15) is 75.2 Å². The van der Waals surface area contributed by atoms with Gasteiger partial charge in [-0.25, -0.2) is 13.2 Å². The second-order valence-electron chi connectivity index (χ2n) is 12.2. The number of fused-ring (bicyclic) bond motifs is 1. The van der Waals surface area contributed by atoms with E-state index >= 15 is 0 Å². The lowest BCUT2D eigenvalue weighted by molar-refractivity contribution is -0.180. The Balaban J connectivity index is 0.925. The number of carbonyl (C=O) groups excluding carboxylic acids is 1. The van der Waals surface area contributed by atoms with Crippen molar-refractivity contribution in [1.29, 1.82) is 0 Å². The molecule has 10 nitrogen and oxygen atoms in total. The van der Waals surface area contributed by atoms with Gasteiger partial charge in [0.1, 0.15) is 11.9 Å². The van der Waals surface area contributed by atoms with Crippen molar-refractivity contribution in [2.45, 2.75) is 82.2 Å². The van der Waals surface area contributed by atoms with Gasteiger partial charge in [-0.15, -0.1) is 0 Å². The van der Waals surface area contributed by atoms with Crippen LogP contribution in [0.3, 0.4) is 0 Å². The fourth-order valence-electron chi connectivity index (χ4n) is 5.89. The van der Waals surface area contributed by atoms with E-state index in [0.717, 1.165) is 67.4 Å². The van der Waals surface area contributed by atoms with Crippen LogP contribution < -0.4 is 10.1 Å². The molecule has 2 saturated heterocycles. The molecule has 0 unspecified atom stereocenters. The normalized spacial score (nSPS) is 20.3. The van der Waals surface area contributed by atoms with Crippen LogP contribution in [0.4, 0.5) is 4.79 Å². The molecule has 0 aliphatic carbocycles. The van der Waals surface area contributed by atoms with Crippen LogP contribution in [-0.4, -0.2) is 82.0 Å². The quantitative estimate of drug-likeness (QED) is 0.274. The van der Waals surface area contributed by atoms with Crippen molar-refractivity contribution in [2.75, 3.05) is 52.5 Å². The van der Waals surface area contributed by atoms with Crippen molar-refractivity contribution in [3.05, 3.63) is 59.2 Å². The smallest absolute Gasteiger partial charge is 0.410 e. The number of sulfonamides is 1. The van der Waals surface area contributed by atoms with E-state index in [2.05, 4.69) is 5.32 Å². The molecule has 11 heteroatoms. The average molecular weight is 630 g/mol. The fraction of sp³-hybridized carbons (Fsp3) is 0.606. The summed E-state index contributed by atoms with van der Waals surface area (Å²) in [6.45, 7) is 9.29. The molecule has 2 fully saturated rings. The second-order valence-corrected chi connectivity index (χ2v) is 14.1. The topological polar surface area (TPSA) is 107 Å². The lowest BCUT2D eigenvalue weighted by Crippen LogP contribution is -2.46. The van der Waals surface area contributed by atoms with Gasteiger partial charge in [-0.05, 0) is 61.4 Å². The predicted octanol–water partition coefficient (Wildman–Crippen LogP) is 5.02. The highest BCUT2D eigenvalue weighted by Crippen LogP contribution is 2.35. The summed E-state index contributed by atoms with van der Waals surface area (Å²) in [6, 6.07) is 13.3. The number of ether oxygens (including phenoxy) is 4. The van der Waals surface area contributed by atoms with E-state index in [-0.39, 0.29) is 12.2 Å². The van der Waals surface area contributed by atoms with Gasteiger partial charge in [0, 0.05) is 65.3 Å². The van der Waals surface area contributed by atoms with Gasteiger partial charge in [-0.3, -0.25) is 0 Å². The third-order valence-electron chi connectivity index (χ3n) is 8.39. The zero-order valence-corrected chi connectivity index (χ0v) is 26.9. The maximum Gasteiger partial charge on any atom is 0.410 e. The Morgan fingerprint density at radius 1 is 0.977 bits per heavy atom. The maximum atomic E-state index is 13.2. The molecule has 5 rings (SSSR count). The Morgan fingerprint density at radius 3 is 2.55 bits per heavy atom. The number of cyclic esters (lactones) is 1. The van der Waals surface area contributed by atoms with Crippen LogP contribution in [0.25, 0.3) is 0 Å². The molecule has 0 saturated carbocycles. The molecule has 1 amide bonds. The molecule has 44 heavy (non-hydrogen) atoms. The SMILES string of the molecule is CC1(C)OCc2cc([C@@H]3CN(CCCCCCOCCCCc4ccccc4S(=O)(=O)N4CCNCC4)C(=O)O3)ccc2O1. The molecule has 3 aliphatic rings. The summed E-state index contributed by atoms with van der Waals surface area (Å²) in [5.74, 6) is 0.181. The summed E-state index contributed by atoms with van der Waals surface area (Å²) in [5, 5.41) is 3.21. The van der Waals surface area contributed by atoms with E-state index in [4.69, 9.17) is 18.9 Å². The molecular weight excluding hydrogens is 582 g/mol. The lowest BCUT2D eigenvalue weighted by Gasteiger charge is -2.32. The molecule has 242 valence electrons. The third kappa shape index (κ3) is 8.51. The van der Waals surface area contributed by atoms with Gasteiger partial charge in [0.2, 0.25) is 15.8 Å². The van der Waals surface area contributed by atoms with E-state index in [9.17, 15) is 13.2 Å². The number of rotatable bonds is 15. The summed E-state index contributed by atoms with van der Waals surface area (Å²) in [6.07, 6.45) is 5.94. The van der Waals surface area contributed by atoms with Crippen molar-refractivity contribution < 1.29 is 32.2 Å². The molecule has 0 radical (unpaired) electrons. The number of benzene rings is 2. The first kappa shape index (κ1) is 32.7. The number of carbonyl (C=O) groups is 1. The third-order valence-corrected chi connectivity index (χ3v) is 10.4. The zero-order chi connectivity index (χ0) is 31.0. The average Bonchev–Trinajstić information content (AvgIpc) is 3.39. The van der Waals surface area contributed by atoms with Crippen LogP contribution in [0.2, 0.25) is 0 Å². The Bertz CT molecular complexity index is 1360. The van der Waals surface area contributed by atoms with E-state index in [1.54, 1.807) is 21.3 Å². The molecule has 2 aromatic carbocycles. The van der Waals surface area contributed by atoms with Crippen LogP contribution in [0.15, 0.2) is 47.4 Å². The van der Waals surface area contributed by atoms with Crippen molar-refractivity contribution >= 4 is 16.1 Å². The number of unbranched alkanes of at least 4 members (excludes halogenated alkanes) is 4. The fourth-order valence-corrected chi connectivity index (χ4v) is 7.58. The molecular formula is C33H47N3O7S. The van der Waals surface area contributed by atoms with E-state index < -0.39 is 15.8 Å². The number of amides is 1. The minimum Gasteiger partial charge on any atom is -0.463 e. The Morgan fingerprint density at radius 2 is 1.73 bits per heavy atom. The van der Waals surface area contributed by atoms with Gasteiger partial charge in [0.25, 0.3) is 0 Å². The Kier molecular flexibility index (Phi) is 11.2. The number of nitrogens with zero attached hydrogens (tertiary/aromatic N) is 2. The molecule has 0 bridgehead atoms. The molecule has 1 N–H and O–H groups in total. The van der Waals surface area contributed by atoms with Gasteiger partial charge in [0.05, 0.1) is 18.0 Å². The highest BCUT2D eigenvalue weighted by molar-refractivity contribution is 7.89. The van der Waals surface area contributed by atoms with Crippen LogP contribution in [0, 0.1) is 0 Å². The highest BCUT2D eigenvalue weighted by Gasteiger charge is 2.34. The zero-order valence-electron chi connectivity index (χ0n) is 26.1. The maximum absolute atomic E-state index is 13.2. The number of piperazine rings is 1. The van der Waals surface area contributed by atoms with Crippen molar-refractivity contribution in [1.82, 2.24) is 14.5 Å². The van der Waals surface area contributed by atoms with Crippen LogP contribution in [0.5, 0.6) is 5.75 Å². The molecule has 0 spiro atoms. The van der Waals surface area contributed by atoms with Gasteiger partial charge in [0.15, 0.2) is 0 Å². The second kappa shape index (κ2) is 15.1. The van der Waals surface area contributed by atoms with Crippen LogP contribution >= 0.6 is 0 Å². The van der Waals surface area contributed by atoms with Crippen molar-refractivity contribution in [3.63, 3.8) is 0 Å². The summed E-state index contributed by atoms with van der Waals surface area (Å²) in [4.78, 5) is 14.7. The molecule has 2 aromatic rings.